The zero-order chi connectivity index (χ0) is 29.9. The smallest absolute Gasteiger partial charge is 0.271 e. The van der Waals surface area contributed by atoms with Crippen molar-refractivity contribution in [2.24, 2.45) is 0 Å². The number of ether oxygens (including phenoxy) is 2. The Morgan fingerprint density at radius 2 is 1.67 bits per heavy atom. The fourth-order valence-corrected chi connectivity index (χ4v) is 5.96. The number of anilines is 1. The van der Waals surface area contributed by atoms with Gasteiger partial charge in [-0.3, -0.25) is 14.3 Å². The zero-order valence-electron chi connectivity index (χ0n) is 24.6. The van der Waals surface area contributed by atoms with Crippen LogP contribution in [0.1, 0.15) is 16.2 Å². The van der Waals surface area contributed by atoms with E-state index in [0.29, 0.717) is 58.5 Å². The number of aliphatic hydroxyl groups is 1. The van der Waals surface area contributed by atoms with Gasteiger partial charge in [0.2, 0.25) is 0 Å². The average Bonchev–Trinajstić information content (AvgIpc) is 3.39. The molecule has 0 bridgehead atoms. The van der Waals surface area contributed by atoms with Crippen molar-refractivity contribution < 1.29 is 19.4 Å². The second-order valence-electron chi connectivity index (χ2n) is 10.6. The normalized spacial score (nSPS) is 15.1. The minimum absolute atomic E-state index is 0. The minimum Gasteiger partial charge on any atom is -0.486 e. The number of amides is 1. The number of aromatic nitrogens is 2. The summed E-state index contributed by atoms with van der Waals surface area (Å²) in [6.45, 7) is 6.44. The molecule has 4 aromatic rings. The molecule has 3 aromatic carbocycles. The van der Waals surface area contributed by atoms with Crippen LogP contribution in [0, 0.1) is 6.92 Å². The van der Waals surface area contributed by atoms with Crippen molar-refractivity contribution in [2.75, 3.05) is 57.4 Å². The molecule has 6 rings (SSSR count). The van der Waals surface area contributed by atoms with Crippen molar-refractivity contribution in [3.8, 4) is 28.6 Å². The third-order valence-corrected chi connectivity index (χ3v) is 8.56. The minimum atomic E-state index is -0.737. The van der Waals surface area contributed by atoms with E-state index in [9.17, 15) is 9.90 Å². The number of imidazole rings is 1. The first kappa shape index (κ1) is 34.7. The maximum absolute atomic E-state index is 13.4. The summed E-state index contributed by atoms with van der Waals surface area (Å²) in [4.78, 5) is 22.5. The van der Waals surface area contributed by atoms with Gasteiger partial charge in [0, 0.05) is 50.9 Å². The Morgan fingerprint density at radius 3 is 2.40 bits per heavy atom. The second-order valence-corrected chi connectivity index (χ2v) is 11.4. The van der Waals surface area contributed by atoms with Crippen LogP contribution in [0.25, 0.3) is 17.1 Å². The predicted molar refractivity (Wildman–Crippen MR) is 183 cm³/mol. The maximum atomic E-state index is 13.4. The summed E-state index contributed by atoms with van der Waals surface area (Å²) in [5.74, 6) is 1.64. The van der Waals surface area contributed by atoms with Crippen LogP contribution in [0.5, 0.6) is 11.5 Å². The first-order valence-corrected chi connectivity index (χ1v) is 15.1. The summed E-state index contributed by atoms with van der Waals surface area (Å²) in [5, 5.41) is 14.8. The summed E-state index contributed by atoms with van der Waals surface area (Å²) in [6.07, 6.45) is -0.737. The van der Waals surface area contributed by atoms with E-state index in [2.05, 4.69) is 15.1 Å². The van der Waals surface area contributed by atoms with E-state index in [4.69, 9.17) is 37.7 Å². The summed E-state index contributed by atoms with van der Waals surface area (Å²) in [6, 6.07) is 21.1. The molecular weight excluding hydrogens is 660 g/mol. The van der Waals surface area contributed by atoms with E-state index < -0.39 is 6.10 Å². The number of aliphatic hydroxyl groups excluding tert-OH is 1. The molecule has 45 heavy (non-hydrogen) atoms. The van der Waals surface area contributed by atoms with Crippen LogP contribution >= 0.6 is 48.0 Å². The van der Waals surface area contributed by atoms with E-state index >= 15 is 0 Å². The molecule has 13 heteroatoms. The third kappa shape index (κ3) is 7.62. The molecule has 2 aliphatic rings. The quantitative estimate of drug-likeness (QED) is 0.245. The SMILES string of the molecule is Cc1c(C(=O)NCC(O)CN2CCN(c3cccc(Cl)c3Cl)CC2)nc(-c2ccccc2)n1-c1ccc2c(c1)OCCO2.Cl.Cl. The zero-order valence-corrected chi connectivity index (χ0v) is 27.8. The fraction of sp³-hybridized carbons (Fsp3) is 0.312. The number of rotatable bonds is 8. The molecule has 0 spiro atoms. The van der Waals surface area contributed by atoms with Crippen LogP contribution in [0.2, 0.25) is 10.0 Å². The van der Waals surface area contributed by atoms with E-state index in [1.54, 1.807) is 6.07 Å². The van der Waals surface area contributed by atoms with Crippen molar-refractivity contribution in [3.05, 3.63) is 88.2 Å². The van der Waals surface area contributed by atoms with E-state index in [0.717, 1.165) is 43.1 Å². The number of nitrogens with zero attached hydrogens (tertiary/aromatic N) is 4. The lowest BCUT2D eigenvalue weighted by molar-refractivity contribution is 0.0847. The molecule has 2 aliphatic heterocycles. The molecule has 240 valence electrons. The standard InChI is InChI=1S/C32H33Cl2N5O4.2ClH/c1-21-30(32(41)35-19-24(40)20-37-12-14-38(15-13-37)26-9-5-8-25(33)29(26)34)36-31(22-6-3-2-4-7-22)39(21)23-10-11-27-28(18-23)43-17-16-42-27;;/h2-11,18,24,40H,12-17,19-20H2,1H3,(H,35,41);2*1H. The molecule has 1 saturated heterocycles. The number of hydrogen-bond donors (Lipinski definition) is 2. The van der Waals surface area contributed by atoms with Gasteiger partial charge < -0.3 is 24.8 Å². The molecule has 0 aliphatic carbocycles. The molecule has 1 unspecified atom stereocenters. The monoisotopic (exact) mass is 693 g/mol. The Hall–Kier alpha value is -3.18. The van der Waals surface area contributed by atoms with Crippen molar-refractivity contribution in [3.63, 3.8) is 0 Å². The van der Waals surface area contributed by atoms with Crippen LogP contribution < -0.4 is 19.7 Å². The van der Waals surface area contributed by atoms with Crippen LogP contribution in [0.15, 0.2) is 66.7 Å². The molecule has 1 aromatic heterocycles. The molecular formula is C32H35Cl4N5O4. The van der Waals surface area contributed by atoms with Crippen LogP contribution in [-0.2, 0) is 0 Å². The van der Waals surface area contributed by atoms with Crippen molar-refractivity contribution in [1.29, 1.82) is 0 Å². The summed E-state index contributed by atoms with van der Waals surface area (Å²) < 4.78 is 13.4. The summed E-state index contributed by atoms with van der Waals surface area (Å²) in [7, 11) is 0. The van der Waals surface area contributed by atoms with E-state index in [1.807, 2.05) is 72.2 Å². The van der Waals surface area contributed by atoms with Gasteiger partial charge in [0.25, 0.3) is 5.91 Å². The predicted octanol–water partition coefficient (Wildman–Crippen LogP) is 5.68. The highest BCUT2D eigenvalue weighted by Crippen LogP contribution is 2.35. The molecule has 3 heterocycles. The maximum Gasteiger partial charge on any atom is 0.271 e. The van der Waals surface area contributed by atoms with Crippen LogP contribution in [-0.4, -0.2) is 84.1 Å². The van der Waals surface area contributed by atoms with Crippen molar-refractivity contribution >= 4 is 59.6 Å². The number of hydrogen-bond acceptors (Lipinski definition) is 7. The van der Waals surface area contributed by atoms with Crippen molar-refractivity contribution in [1.82, 2.24) is 19.8 Å². The Bertz CT molecular complexity index is 1610. The Morgan fingerprint density at radius 1 is 0.956 bits per heavy atom. The van der Waals surface area contributed by atoms with Crippen LogP contribution in [0.4, 0.5) is 5.69 Å². The van der Waals surface area contributed by atoms with Gasteiger partial charge in [-0.1, -0.05) is 59.6 Å². The lowest BCUT2D eigenvalue weighted by Gasteiger charge is -2.37. The Balaban J connectivity index is 0.00000230. The molecule has 0 radical (unpaired) electrons. The number of β-amino-alcohol motifs (C(OH)–C–C–N with tert-alkyl or cyclic N) is 1. The Labute approximate surface area is 284 Å². The first-order valence-electron chi connectivity index (χ1n) is 14.3. The second kappa shape index (κ2) is 15.4. The third-order valence-electron chi connectivity index (χ3n) is 7.75. The highest BCUT2D eigenvalue weighted by molar-refractivity contribution is 6.43. The molecule has 9 nitrogen and oxygen atoms in total. The number of carbonyl (C=O) groups excluding carboxylic acids is 1. The van der Waals surface area contributed by atoms with E-state index in [1.165, 1.54) is 0 Å². The summed E-state index contributed by atoms with van der Waals surface area (Å²) >= 11 is 12.6. The average molecular weight is 695 g/mol. The number of halogens is 4. The molecule has 0 saturated carbocycles. The van der Waals surface area contributed by atoms with E-state index in [-0.39, 0.29) is 37.3 Å². The molecule has 1 atom stereocenters. The number of nitrogens with one attached hydrogen (secondary N) is 1. The molecule has 2 N–H and O–H groups in total. The summed E-state index contributed by atoms with van der Waals surface area (Å²) in [5.41, 5.74) is 3.58. The van der Waals surface area contributed by atoms with Gasteiger partial charge >= 0.3 is 0 Å². The van der Waals surface area contributed by atoms with Gasteiger partial charge in [0.15, 0.2) is 11.5 Å². The number of fused-ring (bicyclic) bond motifs is 1. The van der Waals surface area contributed by atoms with Gasteiger partial charge in [0.05, 0.1) is 33.2 Å². The van der Waals surface area contributed by atoms with Crippen molar-refractivity contribution in [2.45, 2.75) is 13.0 Å². The van der Waals surface area contributed by atoms with Gasteiger partial charge in [-0.2, -0.15) is 0 Å². The lowest BCUT2D eigenvalue weighted by Crippen LogP contribution is -2.50. The number of benzene rings is 3. The molecule has 1 amide bonds. The highest BCUT2D eigenvalue weighted by atomic mass is 35.5. The topological polar surface area (TPSA) is 92.1 Å². The number of piperazine rings is 1. The highest BCUT2D eigenvalue weighted by Gasteiger charge is 2.25. The number of carbonyl (C=O) groups is 1. The largest absolute Gasteiger partial charge is 0.486 e. The Kier molecular flexibility index (Phi) is 11.9. The fourth-order valence-electron chi connectivity index (χ4n) is 5.55. The molecule has 1 fully saturated rings. The van der Waals surface area contributed by atoms with Gasteiger partial charge in [-0.05, 0) is 31.2 Å². The van der Waals surface area contributed by atoms with Crippen LogP contribution in [0.3, 0.4) is 0 Å². The van der Waals surface area contributed by atoms with Gasteiger partial charge in [-0.25, -0.2) is 4.98 Å². The first-order chi connectivity index (χ1) is 20.9. The van der Waals surface area contributed by atoms with Gasteiger partial charge in [-0.15, -0.1) is 24.8 Å². The van der Waals surface area contributed by atoms with Gasteiger partial charge in [0.1, 0.15) is 24.7 Å². The lowest BCUT2D eigenvalue weighted by atomic mass is 10.2.